The fraction of sp³-hybridized carbons (Fsp3) is 0.182. The molecule has 3 heteroatoms. The SMILES string of the molecule is CNCc1cncn1-c1ccccc1. The highest BCUT2D eigenvalue weighted by molar-refractivity contribution is 5.33. The van der Waals surface area contributed by atoms with Crippen LogP contribution < -0.4 is 5.32 Å². The Bertz CT molecular complexity index is 392. The Kier molecular flexibility index (Phi) is 2.60. The molecule has 1 aromatic heterocycles. The molecule has 0 radical (unpaired) electrons. The van der Waals surface area contributed by atoms with Crippen molar-refractivity contribution in [1.29, 1.82) is 0 Å². The van der Waals surface area contributed by atoms with Gasteiger partial charge in [0.2, 0.25) is 0 Å². The average Bonchev–Trinajstić information content (AvgIpc) is 2.68. The van der Waals surface area contributed by atoms with Crippen LogP contribution in [-0.2, 0) is 6.54 Å². The highest BCUT2D eigenvalue weighted by atomic mass is 15.1. The first kappa shape index (κ1) is 8.97. The number of hydrogen-bond acceptors (Lipinski definition) is 2. The first-order valence-corrected chi connectivity index (χ1v) is 4.63. The first-order valence-electron chi connectivity index (χ1n) is 4.63. The van der Waals surface area contributed by atoms with E-state index >= 15 is 0 Å². The molecule has 0 saturated heterocycles. The third-order valence-electron chi connectivity index (χ3n) is 2.11. The summed E-state index contributed by atoms with van der Waals surface area (Å²) in [6.45, 7) is 0.828. The lowest BCUT2D eigenvalue weighted by Crippen LogP contribution is -2.09. The van der Waals surface area contributed by atoms with E-state index in [0.717, 1.165) is 12.2 Å². The van der Waals surface area contributed by atoms with Crippen LogP contribution in [0.3, 0.4) is 0 Å². The summed E-state index contributed by atoms with van der Waals surface area (Å²) < 4.78 is 2.08. The molecule has 0 unspecified atom stereocenters. The fourth-order valence-electron chi connectivity index (χ4n) is 1.46. The molecular weight excluding hydrogens is 174 g/mol. The van der Waals surface area contributed by atoms with E-state index in [-0.39, 0.29) is 0 Å². The number of nitrogens with zero attached hydrogens (tertiary/aromatic N) is 2. The second-order valence-electron chi connectivity index (χ2n) is 3.12. The highest BCUT2D eigenvalue weighted by Gasteiger charge is 2.01. The largest absolute Gasteiger partial charge is 0.314 e. The summed E-state index contributed by atoms with van der Waals surface area (Å²) >= 11 is 0. The lowest BCUT2D eigenvalue weighted by atomic mass is 10.3. The summed E-state index contributed by atoms with van der Waals surface area (Å²) in [6.07, 6.45) is 3.71. The molecule has 0 bridgehead atoms. The van der Waals surface area contributed by atoms with Crippen molar-refractivity contribution in [1.82, 2.24) is 14.9 Å². The third kappa shape index (κ3) is 1.67. The number of aromatic nitrogens is 2. The molecule has 2 aromatic rings. The molecule has 3 nitrogen and oxygen atoms in total. The molecule has 14 heavy (non-hydrogen) atoms. The summed E-state index contributed by atoms with van der Waals surface area (Å²) in [6, 6.07) is 10.2. The Morgan fingerprint density at radius 1 is 1.29 bits per heavy atom. The zero-order valence-corrected chi connectivity index (χ0v) is 8.14. The number of nitrogens with one attached hydrogen (secondary N) is 1. The molecule has 0 amide bonds. The molecule has 0 aliphatic carbocycles. The first-order chi connectivity index (χ1) is 6.92. The maximum absolute atomic E-state index is 4.14. The molecule has 0 aliphatic heterocycles. The van der Waals surface area contributed by atoms with Gasteiger partial charge in [0.25, 0.3) is 0 Å². The number of para-hydroxylation sites is 1. The van der Waals surface area contributed by atoms with Crippen molar-refractivity contribution in [3.63, 3.8) is 0 Å². The minimum atomic E-state index is 0.828. The molecule has 1 aromatic carbocycles. The standard InChI is InChI=1S/C11H13N3/c1-12-7-11-8-13-9-14(11)10-5-3-2-4-6-10/h2-6,8-9,12H,7H2,1H3. The van der Waals surface area contributed by atoms with Gasteiger partial charge in [-0.2, -0.15) is 0 Å². The molecule has 0 fully saturated rings. The van der Waals surface area contributed by atoms with Crippen molar-refractivity contribution in [3.05, 3.63) is 48.5 Å². The Morgan fingerprint density at radius 3 is 2.79 bits per heavy atom. The van der Waals surface area contributed by atoms with Crippen molar-refractivity contribution in [2.75, 3.05) is 7.05 Å². The van der Waals surface area contributed by atoms with Gasteiger partial charge < -0.3 is 9.88 Å². The van der Waals surface area contributed by atoms with Gasteiger partial charge >= 0.3 is 0 Å². The quantitative estimate of drug-likeness (QED) is 0.790. The predicted octanol–water partition coefficient (Wildman–Crippen LogP) is 1.59. The van der Waals surface area contributed by atoms with E-state index in [1.165, 1.54) is 5.69 Å². The Balaban J connectivity index is 2.37. The minimum absolute atomic E-state index is 0.828. The maximum Gasteiger partial charge on any atom is 0.0994 e. The molecule has 0 aliphatic rings. The van der Waals surface area contributed by atoms with Gasteiger partial charge in [0.1, 0.15) is 0 Å². The van der Waals surface area contributed by atoms with Crippen LogP contribution in [0, 0.1) is 0 Å². The highest BCUT2D eigenvalue weighted by Crippen LogP contribution is 2.09. The summed E-state index contributed by atoms with van der Waals surface area (Å²) in [7, 11) is 1.93. The van der Waals surface area contributed by atoms with Crippen molar-refractivity contribution < 1.29 is 0 Å². The van der Waals surface area contributed by atoms with E-state index in [9.17, 15) is 0 Å². The Labute approximate surface area is 83.4 Å². The lowest BCUT2D eigenvalue weighted by Gasteiger charge is -2.06. The van der Waals surface area contributed by atoms with E-state index in [4.69, 9.17) is 0 Å². The zero-order chi connectivity index (χ0) is 9.80. The smallest absolute Gasteiger partial charge is 0.0994 e. The van der Waals surface area contributed by atoms with E-state index < -0.39 is 0 Å². The Morgan fingerprint density at radius 2 is 2.07 bits per heavy atom. The van der Waals surface area contributed by atoms with Crippen molar-refractivity contribution in [2.45, 2.75) is 6.54 Å². The maximum atomic E-state index is 4.14. The van der Waals surface area contributed by atoms with Gasteiger partial charge in [-0.05, 0) is 19.2 Å². The molecular formula is C11H13N3. The van der Waals surface area contributed by atoms with Gasteiger partial charge in [-0.1, -0.05) is 18.2 Å². The van der Waals surface area contributed by atoms with Crippen LogP contribution >= 0.6 is 0 Å². The second-order valence-corrected chi connectivity index (χ2v) is 3.12. The second kappa shape index (κ2) is 4.07. The summed E-state index contributed by atoms with van der Waals surface area (Å²) in [4.78, 5) is 4.14. The number of hydrogen-bond donors (Lipinski definition) is 1. The normalized spacial score (nSPS) is 10.4. The predicted molar refractivity (Wildman–Crippen MR) is 56.3 cm³/mol. The third-order valence-corrected chi connectivity index (χ3v) is 2.11. The number of benzene rings is 1. The molecule has 72 valence electrons. The van der Waals surface area contributed by atoms with Crippen molar-refractivity contribution in [2.24, 2.45) is 0 Å². The average molecular weight is 187 g/mol. The van der Waals surface area contributed by atoms with E-state index in [0.29, 0.717) is 0 Å². The monoisotopic (exact) mass is 187 g/mol. The number of imidazole rings is 1. The molecule has 1 heterocycles. The fourth-order valence-corrected chi connectivity index (χ4v) is 1.46. The topological polar surface area (TPSA) is 29.9 Å². The minimum Gasteiger partial charge on any atom is -0.314 e. The molecule has 1 N–H and O–H groups in total. The molecule has 0 atom stereocenters. The molecule has 0 spiro atoms. The van der Waals surface area contributed by atoms with E-state index in [1.807, 2.05) is 37.8 Å². The van der Waals surface area contributed by atoms with Gasteiger partial charge in [0.05, 0.1) is 12.0 Å². The summed E-state index contributed by atoms with van der Waals surface area (Å²) in [5, 5.41) is 3.12. The van der Waals surface area contributed by atoms with Gasteiger partial charge in [-0.3, -0.25) is 0 Å². The van der Waals surface area contributed by atoms with Crippen molar-refractivity contribution >= 4 is 0 Å². The Hall–Kier alpha value is -1.61. The lowest BCUT2D eigenvalue weighted by molar-refractivity contribution is 0.768. The molecule has 2 rings (SSSR count). The summed E-state index contributed by atoms with van der Waals surface area (Å²) in [5.74, 6) is 0. The van der Waals surface area contributed by atoms with Gasteiger partial charge in [0.15, 0.2) is 0 Å². The van der Waals surface area contributed by atoms with E-state index in [1.54, 1.807) is 0 Å². The van der Waals surface area contributed by atoms with Crippen LogP contribution in [-0.4, -0.2) is 16.6 Å². The van der Waals surface area contributed by atoms with Crippen LogP contribution in [0.5, 0.6) is 0 Å². The van der Waals surface area contributed by atoms with E-state index in [2.05, 4.69) is 27.0 Å². The van der Waals surface area contributed by atoms with Crippen molar-refractivity contribution in [3.8, 4) is 5.69 Å². The van der Waals surface area contributed by atoms with Crippen LogP contribution in [0.25, 0.3) is 5.69 Å². The van der Waals surface area contributed by atoms with Crippen LogP contribution in [0.2, 0.25) is 0 Å². The zero-order valence-electron chi connectivity index (χ0n) is 8.14. The van der Waals surface area contributed by atoms with Gasteiger partial charge in [0, 0.05) is 18.4 Å². The van der Waals surface area contributed by atoms with Crippen LogP contribution in [0.4, 0.5) is 0 Å². The number of rotatable bonds is 3. The van der Waals surface area contributed by atoms with Crippen LogP contribution in [0.15, 0.2) is 42.9 Å². The molecule has 0 saturated carbocycles. The van der Waals surface area contributed by atoms with Gasteiger partial charge in [-0.15, -0.1) is 0 Å². The van der Waals surface area contributed by atoms with Crippen LogP contribution in [0.1, 0.15) is 5.69 Å². The van der Waals surface area contributed by atoms with Gasteiger partial charge in [-0.25, -0.2) is 4.98 Å². The summed E-state index contributed by atoms with van der Waals surface area (Å²) in [5.41, 5.74) is 2.31.